The second-order valence-electron chi connectivity index (χ2n) is 6.81. The van der Waals surface area contributed by atoms with Crippen LogP contribution < -0.4 is 15.0 Å². The molecule has 0 radical (unpaired) electrons. The molecule has 1 atom stereocenters. The molecule has 1 aliphatic rings. The minimum atomic E-state index is -0.0269. The van der Waals surface area contributed by atoms with E-state index in [1.807, 2.05) is 54.4 Å². The fraction of sp³-hybridized carbons (Fsp3) is 0.381. The molecule has 5 nitrogen and oxygen atoms in total. The van der Waals surface area contributed by atoms with Crippen molar-refractivity contribution in [2.45, 2.75) is 19.6 Å². The number of carbonyl (C=O) groups is 1. The number of para-hydroxylation sites is 2. The van der Waals surface area contributed by atoms with E-state index >= 15 is 0 Å². The molecule has 0 fully saturated rings. The van der Waals surface area contributed by atoms with Gasteiger partial charge in [0.15, 0.2) is 0 Å². The smallest absolute Gasteiger partial charge is 0.234 e. The summed E-state index contributed by atoms with van der Waals surface area (Å²) in [6, 6.07) is 15.6. The Kier molecular flexibility index (Phi) is 6.58. The highest BCUT2D eigenvalue weighted by molar-refractivity contribution is 6.31. The fourth-order valence-electron chi connectivity index (χ4n) is 3.32. The van der Waals surface area contributed by atoms with Crippen LogP contribution in [0.25, 0.3) is 0 Å². The van der Waals surface area contributed by atoms with Crippen LogP contribution in [0.3, 0.4) is 0 Å². The number of carbonyl (C=O) groups excluding carboxylic acids is 1. The van der Waals surface area contributed by atoms with Crippen molar-refractivity contribution in [1.82, 2.24) is 10.2 Å². The molecule has 27 heavy (non-hydrogen) atoms. The molecule has 1 aliphatic heterocycles. The predicted octanol–water partition coefficient (Wildman–Crippen LogP) is 3.18. The second-order valence-corrected chi connectivity index (χ2v) is 7.22. The van der Waals surface area contributed by atoms with Gasteiger partial charge in [-0.05, 0) is 37.7 Å². The summed E-state index contributed by atoms with van der Waals surface area (Å²) in [5.74, 6) is 0.883. The Morgan fingerprint density at radius 1 is 1.26 bits per heavy atom. The zero-order chi connectivity index (χ0) is 19.2. The average molecular weight is 388 g/mol. The van der Waals surface area contributed by atoms with Crippen molar-refractivity contribution in [3.63, 3.8) is 0 Å². The highest BCUT2D eigenvalue weighted by atomic mass is 35.5. The lowest BCUT2D eigenvalue weighted by molar-refractivity contribution is -0.122. The summed E-state index contributed by atoms with van der Waals surface area (Å²) in [6.07, 6.45) is 0.0289. The summed E-state index contributed by atoms with van der Waals surface area (Å²) in [6.45, 7) is 5.33. The second kappa shape index (κ2) is 9.11. The average Bonchev–Trinajstić information content (AvgIpc) is 2.66. The number of rotatable bonds is 7. The fourth-order valence-corrected chi connectivity index (χ4v) is 3.52. The first-order chi connectivity index (χ1) is 13.1. The summed E-state index contributed by atoms with van der Waals surface area (Å²) >= 11 is 6.13. The van der Waals surface area contributed by atoms with Crippen LogP contribution in [-0.2, 0) is 11.3 Å². The Bertz CT molecular complexity index is 784. The Hall–Kier alpha value is -2.24. The standard InChI is InChI=1S/C21H26ClN3O2/c1-3-25-14-17(27-20-11-7-6-10-19(20)25)13-24(2)15-21(26)23-12-16-8-4-5-9-18(16)22/h4-11,17H,3,12-15H2,1-2H3,(H,23,26)/t17-/m0/s1. The number of hydrogen-bond acceptors (Lipinski definition) is 4. The topological polar surface area (TPSA) is 44.8 Å². The third-order valence-corrected chi connectivity index (χ3v) is 5.04. The first-order valence-electron chi connectivity index (χ1n) is 9.26. The summed E-state index contributed by atoms with van der Waals surface area (Å²) in [4.78, 5) is 16.6. The third kappa shape index (κ3) is 5.15. The molecule has 0 aromatic heterocycles. The van der Waals surface area contributed by atoms with E-state index in [4.69, 9.17) is 16.3 Å². The lowest BCUT2D eigenvalue weighted by Gasteiger charge is -2.37. The lowest BCUT2D eigenvalue weighted by atomic mass is 10.2. The third-order valence-electron chi connectivity index (χ3n) is 4.67. The first-order valence-corrected chi connectivity index (χ1v) is 9.64. The zero-order valence-electron chi connectivity index (χ0n) is 15.8. The van der Waals surface area contributed by atoms with Gasteiger partial charge in [-0.1, -0.05) is 41.9 Å². The molecular weight excluding hydrogens is 362 g/mol. The van der Waals surface area contributed by atoms with E-state index in [-0.39, 0.29) is 12.0 Å². The van der Waals surface area contributed by atoms with Gasteiger partial charge in [0.2, 0.25) is 5.91 Å². The SMILES string of the molecule is CCN1C[C@H](CN(C)CC(=O)NCc2ccccc2Cl)Oc2ccccc21. The Morgan fingerprint density at radius 3 is 2.78 bits per heavy atom. The number of nitrogens with zero attached hydrogens (tertiary/aromatic N) is 2. The van der Waals surface area contributed by atoms with Crippen molar-refractivity contribution >= 4 is 23.2 Å². The van der Waals surface area contributed by atoms with Crippen LogP contribution in [-0.4, -0.2) is 50.1 Å². The number of likely N-dealkylation sites (N-methyl/N-ethyl adjacent to an activating group) is 2. The molecule has 0 aliphatic carbocycles. The van der Waals surface area contributed by atoms with Gasteiger partial charge in [-0.2, -0.15) is 0 Å². The van der Waals surface area contributed by atoms with Crippen molar-refractivity contribution < 1.29 is 9.53 Å². The van der Waals surface area contributed by atoms with Crippen molar-refractivity contribution in [1.29, 1.82) is 0 Å². The van der Waals surface area contributed by atoms with Crippen LogP contribution in [0.2, 0.25) is 5.02 Å². The van der Waals surface area contributed by atoms with E-state index in [1.165, 1.54) is 0 Å². The maximum Gasteiger partial charge on any atom is 0.234 e. The zero-order valence-corrected chi connectivity index (χ0v) is 16.6. The van der Waals surface area contributed by atoms with Gasteiger partial charge < -0.3 is 15.0 Å². The molecule has 0 saturated carbocycles. The first kappa shape index (κ1) is 19.5. The number of benzene rings is 2. The molecule has 6 heteroatoms. The number of ether oxygens (including phenoxy) is 1. The monoisotopic (exact) mass is 387 g/mol. The summed E-state index contributed by atoms with van der Waals surface area (Å²) in [5.41, 5.74) is 2.05. The van der Waals surface area contributed by atoms with E-state index in [0.717, 1.165) is 30.1 Å². The summed E-state index contributed by atoms with van der Waals surface area (Å²) in [7, 11) is 1.94. The molecule has 1 N–H and O–H groups in total. The van der Waals surface area contributed by atoms with E-state index in [1.54, 1.807) is 0 Å². The van der Waals surface area contributed by atoms with Crippen LogP contribution in [0, 0.1) is 0 Å². The summed E-state index contributed by atoms with van der Waals surface area (Å²) in [5, 5.41) is 3.59. The van der Waals surface area contributed by atoms with Crippen LogP contribution in [0.1, 0.15) is 12.5 Å². The molecule has 0 saturated heterocycles. The van der Waals surface area contributed by atoms with Gasteiger partial charge in [-0.15, -0.1) is 0 Å². The Labute approximate surface area is 165 Å². The number of nitrogens with one attached hydrogen (secondary N) is 1. The van der Waals surface area contributed by atoms with Gasteiger partial charge in [0.05, 0.1) is 18.8 Å². The maximum atomic E-state index is 12.3. The Morgan fingerprint density at radius 2 is 2.00 bits per heavy atom. The molecule has 144 valence electrons. The van der Waals surface area contributed by atoms with Crippen molar-refractivity contribution in [2.24, 2.45) is 0 Å². The molecule has 2 aromatic rings. The number of fused-ring (bicyclic) bond motifs is 1. The molecular formula is C21H26ClN3O2. The highest BCUT2D eigenvalue weighted by Gasteiger charge is 2.25. The summed E-state index contributed by atoms with van der Waals surface area (Å²) < 4.78 is 6.13. The van der Waals surface area contributed by atoms with Gasteiger partial charge in [0.25, 0.3) is 0 Å². The molecule has 1 heterocycles. The molecule has 3 rings (SSSR count). The van der Waals surface area contributed by atoms with Crippen LogP contribution in [0.5, 0.6) is 5.75 Å². The van der Waals surface area contributed by atoms with Crippen LogP contribution in [0.4, 0.5) is 5.69 Å². The maximum absolute atomic E-state index is 12.3. The number of halogens is 1. The number of amides is 1. The largest absolute Gasteiger partial charge is 0.485 e. The molecule has 2 aromatic carbocycles. The van der Waals surface area contributed by atoms with E-state index < -0.39 is 0 Å². The van der Waals surface area contributed by atoms with Crippen molar-refractivity contribution in [2.75, 3.05) is 38.1 Å². The number of hydrogen-bond donors (Lipinski definition) is 1. The molecule has 0 unspecified atom stereocenters. The van der Waals surface area contributed by atoms with Gasteiger partial charge in [0, 0.05) is 24.7 Å². The number of anilines is 1. The minimum Gasteiger partial charge on any atom is -0.485 e. The molecule has 0 spiro atoms. The van der Waals surface area contributed by atoms with E-state index in [2.05, 4.69) is 23.2 Å². The van der Waals surface area contributed by atoms with E-state index in [0.29, 0.717) is 24.7 Å². The van der Waals surface area contributed by atoms with Gasteiger partial charge in [0.1, 0.15) is 11.9 Å². The predicted molar refractivity (Wildman–Crippen MR) is 110 cm³/mol. The van der Waals surface area contributed by atoms with E-state index in [9.17, 15) is 4.79 Å². The quantitative estimate of drug-likeness (QED) is 0.792. The van der Waals surface area contributed by atoms with Crippen LogP contribution >= 0.6 is 11.6 Å². The van der Waals surface area contributed by atoms with Gasteiger partial charge in [-0.25, -0.2) is 0 Å². The minimum absolute atomic E-state index is 0.0269. The normalized spacial score (nSPS) is 16.0. The van der Waals surface area contributed by atoms with Gasteiger partial charge >= 0.3 is 0 Å². The van der Waals surface area contributed by atoms with Crippen molar-refractivity contribution in [3.8, 4) is 5.75 Å². The molecule has 1 amide bonds. The lowest BCUT2D eigenvalue weighted by Crippen LogP contribution is -2.47. The van der Waals surface area contributed by atoms with Crippen LogP contribution in [0.15, 0.2) is 48.5 Å². The van der Waals surface area contributed by atoms with Crippen molar-refractivity contribution in [3.05, 3.63) is 59.1 Å². The Balaban J connectivity index is 1.50. The molecule has 0 bridgehead atoms. The van der Waals surface area contributed by atoms with Gasteiger partial charge in [-0.3, -0.25) is 9.69 Å². The highest BCUT2D eigenvalue weighted by Crippen LogP contribution is 2.32.